The number of carbonyl (C=O) groups is 2. The van der Waals surface area contributed by atoms with E-state index >= 15 is 0 Å². The largest absolute Gasteiger partial charge is 0.342 e. The zero-order chi connectivity index (χ0) is 19.4. The summed E-state index contributed by atoms with van der Waals surface area (Å²) in [6, 6.07) is 3.82. The first kappa shape index (κ1) is 20.1. The minimum absolute atomic E-state index is 0.0162. The fourth-order valence-electron chi connectivity index (χ4n) is 3.89. The molecule has 1 atom stereocenters. The summed E-state index contributed by atoms with van der Waals surface area (Å²) in [6.07, 6.45) is 5.00. The van der Waals surface area contributed by atoms with Crippen molar-refractivity contribution in [2.75, 3.05) is 31.5 Å². The Labute approximate surface area is 164 Å². The van der Waals surface area contributed by atoms with Crippen molar-refractivity contribution in [3.05, 3.63) is 29.0 Å². The molecule has 2 fully saturated rings. The smallest absolute Gasteiger partial charge is 0.241 e. The zero-order valence-corrected chi connectivity index (χ0v) is 16.5. The van der Waals surface area contributed by atoms with Crippen molar-refractivity contribution in [3.63, 3.8) is 0 Å². The van der Waals surface area contributed by atoms with Crippen molar-refractivity contribution in [1.29, 1.82) is 0 Å². The highest BCUT2D eigenvalue weighted by atomic mass is 35.5. The summed E-state index contributed by atoms with van der Waals surface area (Å²) in [4.78, 5) is 29.3. The van der Waals surface area contributed by atoms with Crippen LogP contribution in [0.5, 0.6) is 0 Å². The van der Waals surface area contributed by atoms with Crippen LogP contribution in [0, 0.1) is 11.7 Å². The number of hydrogen-bond donors (Lipinski definition) is 1. The molecule has 0 aliphatic carbocycles. The standard InChI is InChI=1S/C20H27ClFN3O2/c1-14(19(26)23-16-5-6-18(22)17(21)13-16)24-11-7-15(8-12-24)20(27)25-9-3-2-4-10-25/h5-6,13-15H,2-4,7-12H2,1H3,(H,23,26). The van der Waals surface area contributed by atoms with Crippen LogP contribution in [0.1, 0.15) is 39.0 Å². The van der Waals surface area contributed by atoms with E-state index in [0.29, 0.717) is 5.69 Å². The van der Waals surface area contributed by atoms with Crippen LogP contribution in [0.2, 0.25) is 5.02 Å². The molecule has 2 amide bonds. The molecule has 1 aromatic rings. The number of likely N-dealkylation sites (tertiary alicyclic amines) is 2. The lowest BCUT2D eigenvalue weighted by atomic mass is 9.93. The van der Waals surface area contributed by atoms with Crippen LogP contribution < -0.4 is 5.32 Å². The molecule has 2 aliphatic heterocycles. The minimum Gasteiger partial charge on any atom is -0.342 e. The highest BCUT2D eigenvalue weighted by Gasteiger charge is 2.32. The van der Waals surface area contributed by atoms with Crippen LogP contribution in [0.15, 0.2) is 18.2 Å². The van der Waals surface area contributed by atoms with E-state index in [-0.39, 0.29) is 28.8 Å². The van der Waals surface area contributed by atoms with Crippen molar-refractivity contribution >= 4 is 29.1 Å². The molecular weight excluding hydrogens is 369 g/mol. The number of piperidine rings is 2. The Kier molecular flexibility index (Phi) is 6.71. The maximum atomic E-state index is 13.2. The monoisotopic (exact) mass is 395 g/mol. The number of carbonyl (C=O) groups excluding carboxylic acids is 2. The number of hydrogen-bond acceptors (Lipinski definition) is 3. The lowest BCUT2D eigenvalue weighted by Crippen LogP contribution is -2.49. The van der Waals surface area contributed by atoms with Crippen LogP contribution >= 0.6 is 11.6 Å². The first-order valence-corrected chi connectivity index (χ1v) is 10.1. The normalized spacial score (nSPS) is 20.3. The first-order chi connectivity index (χ1) is 13.0. The van der Waals surface area contributed by atoms with Gasteiger partial charge in [0.15, 0.2) is 0 Å². The van der Waals surface area contributed by atoms with Gasteiger partial charge in [-0.2, -0.15) is 0 Å². The number of amides is 2. The molecule has 1 aromatic carbocycles. The molecule has 2 aliphatic rings. The third kappa shape index (κ3) is 4.99. The molecule has 1 unspecified atom stereocenters. The molecule has 0 saturated carbocycles. The van der Waals surface area contributed by atoms with E-state index in [0.717, 1.165) is 51.9 Å². The number of rotatable bonds is 4. The van der Waals surface area contributed by atoms with Crippen molar-refractivity contribution in [1.82, 2.24) is 9.80 Å². The molecule has 0 spiro atoms. The molecule has 2 heterocycles. The van der Waals surface area contributed by atoms with E-state index in [9.17, 15) is 14.0 Å². The van der Waals surface area contributed by atoms with E-state index in [1.807, 2.05) is 11.8 Å². The second-order valence-electron chi connectivity index (χ2n) is 7.49. The van der Waals surface area contributed by atoms with Gasteiger partial charge in [0, 0.05) is 24.7 Å². The van der Waals surface area contributed by atoms with E-state index < -0.39 is 5.82 Å². The molecule has 5 nitrogen and oxygen atoms in total. The highest BCUT2D eigenvalue weighted by molar-refractivity contribution is 6.31. The fraction of sp³-hybridized carbons (Fsp3) is 0.600. The summed E-state index contributed by atoms with van der Waals surface area (Å²) in [5.74, 6) is -0.306. The van der Waals surface area contributed by atoms with Crippen LogP contribution in [0.4, 0.5) is 10.1 Å². The Bertz CT molecular complexity index is 686. The van der Waals surface area contributed by atoms with E-state index in [4.69, 9.17) is 11.6 Å². The summed E-state index contributed by atoms with van der Waals surface area (Å²) in [5, 5.41) is 2.77. The van der Waals surface area contributed by atoms with Gasteiger partial charge >= 0.3 is 0 Å². The third-order valence-electron chi connectivity index (χ3n) is 5.66. The van der Waals surface area contributed by atoms with Gasteiger partial charge in [-0.3, -0.25) is 14.5 Å². The Morgan fingerprint density at radius 1 is 1.15 bits per heavy atom. The summed E-state index contributed by atoms with van der Waals surface area (Å²) >= 11 is 5.76. The first-order valence-electron chi connectivity index (χ1n) is 9.74. The van der Waals surface area contributed by atoms with Crippen molar-refractivity contribution in [2.24, 2.45) is 5.92 Å². The Hall–Kier alpha value is -1.66. The zero-order valence-electron chi connectivity index (χ0n) is 15.7. The predicted octanol–water partition coefficient (Wildman–Crippen LogP) is 3.53. The van der Waals surface area contributed by atoms with Crippen molar-refractivity contribution in [2.45, 2.75) is 45.1 Å². The number of benzene rings is 1. The van der Waals surface area contributed by atoms with E-state index in [1.54, 1.807) is 0 Å². The van der Waals surface area contributed by atoms with Gasteiger partial charge in [-0.25, -0.2) is 4.39 Å². The summed E-state index contributed by atoms with van der Waals surface area (Å²) < 4.78 is 13.2. The lowest BCUT2D eigenvalue weighted by molar-refractivity contribution is -0.138. The van der Waals surface area contributed by atoms with Gasteiger partial charge in [0.25, 0.3) is 0 Å². The van der Waals surface area contributed by atoms with Crippen molar-refractivity contribution < 1.29 is 14.0 Å². The molecular formula is C20H27ClFN3O2. The van der Waals surface area contributed by atoms with E-state index in [1.165, 1.54) is 24.6 Å². The number of anilines is 1. The van der Waals surface area contributed by atoms with Crippen LogP contribution in [0.25, 0.3) is 0 Å². The summed E-state index contributed by atoms with van der Waals surface area (Å²) in [5.41, 5.74) is 0.480. The van der Waals surface area contributed by atoms with Crippen LogP contribution in [0.3, 0.4) is 0 Å². The average Bonchev–Trinajstić information content (AvgIpc) is 2.70. The van der Waals surface area contributed by atoms with Crippen LogP contribution in [-0.2, 0) is 9.59 Å². The maximum absolute atomic E-state index is 13.2. The molecule has 148 valence electrons. The maximum Gasteiger partial charge on any atom is 0.241 e. The molecule has 7 heteroatoms. The number of halogens is 2. The molecule has 27 heavy (non-hydrogen) atoms. The quantitative estimate of drug-likeness (QED) is 0.848. The Balaban J connectivity index is 1.50. The van der Waals surface area contributed by atoms with Crippen LogP contribution in [-0.4, -0.2) is 53.8 Å². The molecule has 0 bridgehead atoms. The van der Waals surface area contributed by atoms with Crippen molar-refractivity contribution in [3.8, 4) is 0 Å². The molecule has 2 saturated heterocycles. The van der Waals surface area contributed by atoms with Gasteiger partial charge in [-0.15, -0.1) is 0 Å². The predicted molar refractivity (Wildman–Crippen MR) is 104 cm³/mol. The minimum atomic E-state index is -0.511. The third-order valence-corrected chi connectivity index (χ3v) is 5.95. The van der Waals surface area contributed by atoms with Gasteiger partial charge in [-0.05, 0) is 70.3 Å². The summed E-state index contributed by atoms with van der Waals surface area (Å²) in [6.45, 7) is 5.08. The van der Waals surface area contributed by atoms with Gasteiger partial charge in [0.05, 0.1) is 11.1 Å². The SMILES string of the molecule is CC(C(=O)Nc1ccc(F)c(Cl)c1)N1CCC(C(=O)N2CCCCC2)CC1. The van der Waals surface area contributed by atoms with Gasteiger partial charge < -0.3 is 10.2 Å². The second kappa shape index (κ2) is 9.02. The number of nitrogens with zero attached hydrogens (tertiary/aromatic N) is 2. The summed E-state index contributed by atoms with van der Waals surface area (Å²) in [7, 11) is 0. The highest BCUT2D eigenvalue weighted by Crippen LogP contribution is 2.24. The number of nitrogens with one attached hydrogen (secondary N) is 1. The Morgan fingerprint density at radius 3 is 2.44 bits per heavy atom. The fourth-order valence-corrected chi connectivity index (χ4v) is 4.07. The molecule has 3 rings (SSSR count). The topological polar surface area (TPSA) is 52.7 Å². The van der Waals surface area contributed by atoms with Gasteiger partial charge in [-0.1, -0.05) is 11.6 Å². The molecule has 1 N–H and O–H groups in total. The Morgan fingerprint density at radius 2 is 1.81 bits per heavy atom. The lowest BCUT2D eigenvalue weighted by Gasteiger charge is -2.37. The molecule has 0 radical (unpaired) electrons. The molecule has 0 aromatic heterocycles. The second-order valence-corrected chi connectivity index (χ2v) is 7.90. The average molecular weight is 396 g/mol. The van der Waals surface area contributed by atoms with Gasteiger partial charge in [0.2, 0.25) is 11.8 Å². The van der Waals surface area contributed by atoms with E-state index in [2.05, 4.69) is 10.2 Å². The van der Waals surface area contributed by atoms with Gasteiger partial charge in [0.1, 0.15) is 5.82 Å².